The van der Waals surface area contributed by atoms with Gasteiger partial charge in [0.15, 0.2) is 5.75 Å². The minimum Gasteiger partial charge on any atom is -0.455 e. The molecule has 0 saturated carbocycles. The maximum Gasteiger partial charge on any atom is 0.247 e. The fourth-order valence-corrected chi connectivity index (χ4v) is 2.19. The van der Waals surface area contributed by atoms with Gasteiger partial charge in [-0.3, -0.25) is 4.79 Å². The average Bonchev–Trinajstić information content (AvgIpc) is 3.05. The summed E-state index contributed by atoms with van der Waals surface area (Å²) < 4.78 is 10.9. The van der Waals surface area contributed by atoms with Crippen LogP contribution < -0.4 is 10.1 Å². The molecule has 0 aliphatic carbocycles. The van der Waals surface area contributed by atoms with E-state index in [1.54, 1.807) is 42.5 Å². The highest BCUT2D eigenvalue weighted by molar-refractivity contribution is 6.34. The summed E-state index contributed by atoms with van der Waals surface area (Å²) in [6.07, 6.45) is 1.27. The first-order valence-corrected chi connectivity index (χ1v) is 7.12. The summed E-state index contributed by atoms with van der Waals surface area (Å²) in [5.74, 6) is 1.24. The van der Waals surface area contributed by atoms with Crippen LogP contribution in [-0.2, 0) is 4.79 Å². The zero-order chi connectivity index (χ0) is 16.2. The fourth-order valence-electron chi connectivity index (χ4n) is 1.98. The second-order valence-corrected chi connectivity index (χ2v) is 5.07. The molecule has 1 amide bonds. The number of nitrogens with one attached hydrogen (secondary N) is 1. The largest absolute Gasteiger partial charge is 0.455 e. The highest BCUT2D eigenvalue weighted by Gasteiger charge is 2.11. The normalized spacial score (nSPS) is 10.3. The monoisotopic (exact) mass is 329 g/mol. The van der Waals surface area contributed by atoms with E-state index < -0.39 is 0 Å². The lowest BCUT2D eigenvalue weighted by atomic mass is 10.2. The Morgan fingerprint density at radius 1 is 1.22 bits per heavy atom. The zero-order valence-corrected chi connectivity index (χ0v) is 12.9. The molecule has 1 N–H and O–H groups in total. The number of hydrogen-bond donors (Lipinski definition) is 1. The Kier molecular flexibility index (Phi) is 4.25. The van der Waals surface area contributed by atoms with E-state index in [4.69, 9.17) is 20.8 Å². The van der Waals surface area contributed by atoms with Crippen molar-refractivity contribution in [3.63, 3.8) is 0 Å². The second-order valence-electron chi connectivity index (χ2n) is 4.66. The molecule has 1 heterocycles. The molecule has 6 nitrogen and oxygen atoms in total. The molecule has 23 heavy (non-hydrogen) atoms. The van der Waals surface area contributed by atoms with Crippen LogP contribution in [0.2, 0.25) is 5.02 Å². The number of aromatic nitrogens is 2. The average molecular weight is 330 g/mol. The van der Waals surface area contributed by atoms with Gasteiger partial charge >= 0.3 is 0 Å². The SMILES string of the molecule is CC(=O)Nc1c(Cl)cccc1Oc1ccc(-c2nnco2)cc1. The van der Waals surface area contributed by atoms with Gasteiger partial charge < -0.3 is 14.5 Å². The lowest BCUT2D eigenvalue weighted by Gasteiger charge is -2.13. The van der Waals surface area contributed by atoms with E-state index >= 15 is 0 Å². The Bertz CT molecular complexity index is 817. The lowest BCUT2D eigenvalue weighted by molar-refractivity contribution is -0.114. The number of carbonyl (C=O) groups is 1. The van der Waals surface area contributed by atoms with Crippen LogP contribution >= 0.6 is 11.6 Å². The molecule has 0 aliphatic heterocycles. The zero-order valence-electron chi connectivity index (χ0n) is 12.1. The summed E-state index contributed by atoms with van der Waals surface area (Å²) in [5.41, 5.74) is 1.21. The number of ether oxygens (including phenoxy) is 1. The summed E-state index contributed by atoms with van der Waals surface area (Å²) in [5, 5.41) is 10.5. The van der Waals surface area contributed by atoms with Crippen LogP contribution in [0.4, 0.5) is 5.69 Å². The maximum atomic E-state index is 11.3. The molecule has 116 valence electrons. The molecule has 0 spiro atoms. The van der Waals surface area contributed by atoms with Crippen LogP contribution in [0.5, 0.6) is 11.5 Å². The molecule has 0 radical (unpaired) electrons. The van der Waals surface area contributed by atoms with Crippen molar-refractivity contribution in [2.24, 2.45) is 0 Å². The predicted molar refractivity (Wildman–Crippen MR) is 85.6 cm³/mol. The van der Waals surface area contributed by atoms with Crippen LogP contribution in [0.25, 0.3) is 11.5 Å². The van der Waals surface area contributed by atoms with Crippen LogP contribution in [0.1, 0.15) is 6.92 Å². The minimum absolute atomic E-state index is 0.227. The Labute approximate surface area is 137 Å². The third-order valence-corrected chi connectivity index (χ3v) is 3.28. The van der Waals surface area contributed by atoms with Gasteiger partial charge in [-0.2, -0.15) is 0 Å². The topological polar surface area (TPSA) is 77.2 Å². The summed E-state index contributed by atoms with van der Waals surface area (Å²) in [6.45, 7) is 1.41. The molecule has 7 heteroatoms. The highest BCUT2D eigenvalue weighted by atomic mass is 35.5. The fraction of sp³-hybridized carbons (Fsp3) is 0.0625. The van der Waals surface area contributed by atoms with Crippen molar-refractivity contribution in [3.05, 3.63) is 53.9 Å². The smallest absolute Gasteiger partial charge is 0.247 e. The van der Waals surface area contributed by atoms with E-state index in [0.717, 1.165) is 5.56 Å². The van der Waals surface area contributed by atoms with E-state index in [1.165, 1.54) is 13.3 Å². The van der Waals surface area contributed by atoms with Crippen molar-refractivity contribution >= 4 is 23.2 Å². The van der Waals surface area contributed by atoms with Gasteiger partial charge in [-0.15, -0.1) is 10.2 Å². The molecular weight excluding hydrogens is 318 g/mol. The number of anilines is 1. The number of rotatable bonds is 4. The first-order chi connectivity index (χ1) is 11.1. The summed E-state index contributed by atoms with van der Waals surface area (Å²) in [4.78, 5) is 11.3. The van der Waals surface area contributed by atoms with E-state index in [2.05, 4.69) is 15.5 Å². The minimum atomic E-state index is -0.227. The highest BCUT2D eigenvalue weighted by Crippen LogP contribution is 2.35. The van der Waals surface area contributed by atoms with Gasteiger partial charge in [-0.25, -0.2) is 0 Å². The van der Waals surface area contributed by atoms with E-state index in [9.17, 15) is 4.79 Å². The molecule has 0 aliphatic rings. The third kappa shape index (κ3) is 3.49. The number of carbonyl (C=O) groups excluding carboxylic acids is 1. The van der Waals surface area contributed by atoms with Crippen molar-refractivity contribution < 1.29 is 13.9 Å². The molecule has 0 fully saturated rings. The van der Waals surface area contributed by atoms with Crippen LogP contribution in [-0.4, -0.2) is 16.1 Å². The summed E-state index contributed by atoms with van der Waals surface area (Å²) in [7, 11) is 0. The van der Waals surface area contributed by atoms with Gasteiger partial charge in [-0.05, 0) is 36.4 Å². The third-order valence-electron chi connectivity index (χ3n) is 2.97. The van der Waals surface area contributed by atoms with Gasteiger partial charge in [0.2, 0.25) is 18.2 Å². The Hall–Kier alpha value is -2.86. The number of hydrogen-bond acceptors (Lipinski definition) is 5. The number of amides is 1. The van der Waals surface area contributed by atoms with Gasteiger partial charge in [0, 0.05) is 12.5 Å². The van der Waals surface area contributed by atoms with Crippen LogP contribution in [0.15, 0.2) is 53.3 Å². The van der Waals surface area contributed by atoms with Gasteiger partial charge in [-0.1, -0.05) is 17.7 Å². The molecule has 0 bridgehead atoms. The first-order valence-electron chi connectivity index (χ1n) is 6.74. The quantitative estimate of drug-likeness (QED) is 0.778. The summed E-state index contributed by atoms with van der Waals surface area (Å²) in [6, 6.07) is 12.3. The second kappa shape index (κ2) is 6.50. The van der Waals surface area contributed by atoms with E-state index in [1.807, 2.05) is 0 Å². The van der Waals surface area contributed by atoms with Crippen LogP contribution in [0.3, 0.4) is 0 Å². The van der Waals surface area contributed by atoms with Crippen molar-refractivity contribution in [2.75, 3.05) is 5.32 Å². The molecule has 1 aromatic heterocycles. The van der Waals surface area contributed by atoms with Gasteiger partial charge in [0.1, 0.15) is 11.4 Å². The van der Waals surface area contributed by atoms with Crippen LogP contribution in [0, 0.1) is 0 Å². The van der Waals surface area contributed by atoms with Crippen molar-refractivity contribution in [1.29, 1.82) is 0 Å². The van der Waals surface area contributed by atoms with E-state index in [-0.39, 0.29) is 5.91 Å². The van der Waals surface area contributed by atoms with E-state index in [0.29, 0.717) is 28.1 Å². The molecule has 0 unspecified atom stereocenters. The Morgan fingerprint density at radius 3 is 2.65 bits per heavy atom. The molecule has 0 saturated heterocycles. The Morgan fingerprint density at radius 2 is 2.00 bits per heavy atom. The first kappa shape index (κ1) is 15.1. The molecule has 3 rings (SSSR count). The number of para-hydroxylation sites is 1. The van der Waals surface area contributed by atoms with Gasteiger partial charge in [0.25, 0.3) is 0 Å². The molecular formula is C16H12ClN3O3. The van der Waals surface area contributed by atoms with Crippen molar-refractivity contribution in [2.45, 2.75) is 6.92 Å². The van der Waals surface area contributed by atoms with Gasteiger partial charge in [0.05, 0.1) is 5.02 Å². The Balaban J connectivity index is 1.85. The summed E-state index contributed by atoms with van der Waals surface area (Å²) >= 11 is 6.11. The molecule has 2 aromatic carbocycles. The maximum absolute atomic E-state index is 11.3. The number of nitrogens with zero attached hydrogens (tertiary/aromatic N) is 2. The molecule has 0 atom stereocenters. The number of benzene rings is 2. The molecule has 3 aromatic rings. The standard InChI is InChI=1S/C16H12ClN3O3/c1-10(21)19-15-13(17)3-2-4-14(15)23-12-7-5-11(6-8-12)16-20-18-9-22-16/h2-9H,1H3,(H,19,21). The van der Waals surface area contributed by atoms with Crippen molar-refractivity contribution in [1.82, 2.24) is 10.2 Å². The predicted octanol–water partition coefficient (Wildman–Crippen LogP) is 4.14. The van der Waals surface area contributed by atoms with Crippen molar-refractivity contribution in [3.8, 4) is 23.0 Å². The lowest BCUT2D eigenvalue weighted by Crippen LogP contribution is -2.07. The number of halogens is 1.